The smallest absolute Gasteiger partial charge is 0.228 e. The second-order valence-electron chi connectivity index (χ2n) is 5.95. The van der Waals surface area contributed by atoms with Gasteiger partial charge in [-0.25, -0.2) is 12.7 Å². The summed E-state index contributed by atoms with van der Waals surface area (Å²) in [6.07, 6.45) is 1.38. The first kappa shape index (κ1) is 17.0. The molecule has 1 amide bonds. The fourth-order valence-electron chi connectivity index (χ4n) is 2.96. The van der Waals surface area contributed by atoms with E-state index < -0.39 is 10.0 Å². The van der Waals surface area contributed by atoms with Crippen LogP contribution in [0.3, 0.4) is 0 Å². The number of benzene rings is 1. The Morgan fingerprint density at radius 1 is 1.29 bits per heavy atom. The average Bonchev–Trinajstić information content (AvgIpc) is 2.61. The molecule has 1 aromatic carbocycles. The van der Waals surface area contributed by atoms with E-state index in [0.29, 0.717) is 49.8 Å². The van der Waals surface area contributed by atoms with Gasteiger partial charge in [0.25, 0.3) is 0 Å². The maximum absolute atomic E-state index is 12.5. The minimum Gasteiger partial charge on any atom is -0.486 e. The van der Waals surface area contributed by atoms with E-state index in [1.54, 1.807) is 25.1 Å². The summed E-state index contributed by atoms with van der Waals surface area (Å²) < 4.78 is 36.4. The van der Waals surface area contributed by atoms with E-state index in [4.69, 9.17) is 9.47 Å². The number of carbonyl (C=O) groups excluding carboxylic acids is 1. The summed E-state index contributed by atoms with van der Waals surface area (Å²) >= 11 is 0. The van der Waals surface area contributed by atoms with Gasteiger partial charge in [0.05, 0.1) is 11.7 Å². The third-order valence-corrected chi connectivity index (χ3v) is 6.17. The summed E-state index contributed by atoms with van der Waals surface area (Å²) in [7, 11) is -3.26. The standard InChI is InChI=1S/C16H22N2O5S/c1-2-24(20,21)18-7-3-4-12(11-18)16(19)17-13-5-6-14-15(10-13)23-9-8-22-14/h5-6,10,12H,2-4,7-9,11H2,1H3,(H,17,19)/t12-/m0/s1. The average molecular weight is 354 g/mol. The van der Waals surface area contributed by atoms with Crippen molar-refractivity contribution in [1.82, 2.24) is 4.31 Å². The minimum absolute atomic E-state index is 0.0590. The normalized spacial score (nSPS) is 21.3. The third kappa shape index (κ3) is 3.64. The van der Waals surface area contributed by atoms with Crippen molar-refractivity contribution >= 4 is 21.6 Å². The van der Waals surface area contributed by atoms with Crippen LogP contribution in [0.5, 0.6) is 11.5 Å². The van der Waals surface area contributed by atoms with Crippen molar-refractivity contribution in [2.45, 2.75) is 19.8 Å². The van der Waals surface area contributed by atoms with Crippen molar-refractivity contribution < 1.29 is 22.7 Å². The molecule has 0 radical (unpaired) electrons. The van der Waals surface area contributed by atoms with Gasteiger partial charge in [-0.3, -0.25) is 4.79 Å². The van der Waals surface area contributed by atoms with Crippen LogP contribution in [-0.2, 0) is 14.8 Å². The Labute approximate surface area is 142 Å². The van der Waals surface area contributed by atoms with Gasteiger partial charge in [-0.15, -0.1) is 0 Å². The lowest BCUT2D eigenvalue weighted by Crippen LogP contribution is -2.44. The molecule has 24 heavy (non-hydrogen) atoms. The fourth-order valence-corrected chi connectivity index (χ4v) is 4.14. The van der Waals surface area contributed by atoms with Crippen LogP contribution in [0.2, 0.25) is 0 Å². The van der Waals surface area contributed by atoms with Gasteiger partial charge in [-0.2, -0.15) is 0 Å². The highest BCUT2D eigenvalue weighted by atomic mass is 32.2. The number of ether oxygens (including phenoxy) is 2. The number of carbonyl (C=O) groups is 1. The van der Waals surface area contributed by atoms with Gasteiger partial charge in [0.2, 0.25) is 15.9 Å². The highest BCUT2D eigenvalue weighted by Gasteiger charge is 2.31. The first-order chi connectivity index (χ1) is 11.5. The number of nitrogens with one attached hydrogen (secondary N) is 1. The lowest BCUT2D eigenvalue weighted by Gasteiger charge is -2.31. The summed E-state index contributed by atoms with van der Waals surface area (Å²) in [4.78, 5) is 12.5. The predicted octanol–water partition coefficient (Wildman–Crippen LogP) is 1.46. The molecule has 3 rings (SSSR count). The lowest BCUT2D eigenvalue weighted by atomic mass is 9.98. The van der Waals surface area contributed by atoms with Crippen LogP contribution in [0, 0.1) is 5.92 Å². The van der Waals surface area contributed by atoms with E-state index in [1.807, 2.05) is 0 Å². The van der Waals surface area contributed by atoms with Crippen molar-refractivity contribution in [3.8, 4) is 11.5 Å². The quantitative estimate of drug-likeness (QED) is 0.885. The molecule has 2 heterocycles. The number of piperidine rings is 1. The third-order valence-electron chi connectivity index (χ3n) is 4.32. The molecule has 1 N–H and O–H groups in total. The van der Waals surface area contributed by atoms with Gasteiger partial charge >= 0.3 is 0 Å². The van der Waals surface area contributed by atoms with E-state index in [9.17, 15) is 13.2 Å². The zero-order valence-corrected chi connectivity index (χ0v) is 14.5. The zero-order chi connectivity index (χ0) is 17.2. The second kappa shape index (κ2) is 6.98. The van der Waals surface area contributed by atoms with Gasteiger partial charge in [-0.1, -0.05) is 0 Å². The zero-order valence-electron chi connectivity index (χ0n) is 13.7. The Bertz CT molecular complexity index is 719. The molecule has 0 spiro atoms. The second-order valence-corrected chi connectivity index (χ2v) is 8.20. The van der Waals surface area contributed by atoms with Crippen molar-refractivity contribution in [1.29, 1.82) is 0 Å². The molecule has 8 heteroatoms. The van der Waals surface area contributed by atoms with Crippen LogP contribution in [-0.4, -0.2) is 50.7 Å². The SMILES string of the molecule is CCS(=O)(=O)N1CCC[C@H](C(=O)Nc2ccc3c(c2)OCCO3)C1. The van der Waals surface area contributed by atoms with Crippen LogP contribution in [0.15, 0.2) is 18.2 Å². The van der Waals surface area contributed by atoms with E-state index in [-0.39, 0.29) is 24.1 Å². The van der Waals surface area contributed by atoms with Gasteiger partial charge in [-0.05, 0) is 31.9 Å². The van der Waals surface area contributed by atoms with Crippen LogP contribution < -0.4 is 14.8 Å². The molecule has 0 aromatic heterocycles. The Morgan fingerprint density at radius 3 is 2.79 bits per heavy atom. The number of hydrogen-bond donors (Lipinski definition) is 1. The Kier molecular flexibility index (Phi) is 4.96. The van der Waals surface area contributed by atoms with Crippen LogP contribution in [0.4, 0.5) is 5.69 Å². The van der Waals surface area contributed by atoms with Crippen LogP contribution in [0.1, 0.15) is 19.8 Å². The van der Waals surface area contributed by atoms with E-state index in [2.05, 4.69) is 5.32 Å². The summed E-state index contributed by atoms with van der Waals surface area (Å²) in [5.41, 5.74) is 0.625. The molecule has 0 aliphatic carbocycles. The highest BCUT2D eigenvalue weighted by molar-refractivity contribution is 7.89. The molecule has 0 saturated carbocycles. The van der Waals surface area contributed by atoms with Crippen molar-refractivity contribution in [2.75, 3.05) is 37.4 Å². The molecule has 2 aliphatic heterocycles. The first-order valence-corrected chi connectivity index (χ1v) is 9.79. The largest absolute Gasteiger partial charge is 0.486 e. The molecule has 1 aromatic rings. The number of anilines is 1. The van der Waals surface area contributed by atoms with Gasteiger partial charge in [0.15, 0.2) is 11.5 Å². The van der Waals surface area contributed by atoms with Gasteiger partial charge in [0, 0.05) is 24.8 Å². The van der Waals surface area contributed by atoms with Crippen LogP contribution in [0.25, 0.3) is 0 Å². The molecular formula is C16H22N2O5S. The molecule has 0 unspecified atom stereocenters. The summed E-state index contributed by atoms with van der Waals surface area (Å²) in [5, 5.41) is 2.86. The number of nitrogens with zero attached hydrogens (tertiary/aromatic N) is 1. The summed E-state index contributed by atoms with van der Waals surface area (Å²) in [6, 6.07) is 5.25. The summed E-state index contributed by atoms with van der Waals surface area (Å²) in [6.45, 7) is 3.35. The molecule has 0 bridgehead atoms. The summed E-state index contributed by atoms with van der Waals surface area (Å²) in [5.74, 6) is 0.828. The molecule has 1 saturated heterocycles. The number of sulfonamides is 1. The van der Waals surface area contributed by atoms with E-state index >= 15 is 0 Å². The molecule has 7 nitrogen and oxygen atoms in total. The topological polar surface area (TPSA) is 84.9 Å². The number of rotatable bonds is 4. The molecular weight excluding hydrogens is 332 g/mol. The predicted molar refractivity (Wildman–Crippen MR) is 89.8 cm³/mol. The van der Waals surface area contributed by atoms with E-state index in [0.717, 1.165) is 0 Å². The number of fused-ring (bicyclic) bond motifs is 1. The Morgan fingerprint density at radius 2 is 2.04 bits per heavy atom. The lowest BCUT2D eigenvalue weighted by molar-refractivity contribution is -0.120. The maximum Gasteiger partial charge on any atom is 0.228 e. The number of hydrogen-bond acceptors (Lipinski definition) is 5. The van der Waals surface area contributed by atoms with Gasteiger partial charge in [0.1, 0.15) is 13.2 Å². The number of amides is 1. The van der Waals surface area contributed by atoms with Crippen molar-refractivity contribution in [3.05, 3.63) is 18.2 Å². The Hall–Kier alpha value is -1.80. The van der Waals surface area contributed by atoms with Gasteiger partial charge < -0.3 is 14.8 Å². The molecule has 2 aliphatic rings. The highest BCUT2D eigenvalue weighted by Crippen LogP contribution is 2.33. The van der Waals surface area contributed by atoms with Crippen molar-refractivity contribution in [3.63, 3.8) is 0 Å². The van der Waals surface area contributed by atoms with E-state index in [1.165, 1.54) is 4.31 Å². The van der Waals surface area contributed by atoms with Crippen LogP contribution >= 0.6 is 0 Å². The minimum atomic E-state index is -3.26. The van der Waals surface area contributed by atoms with Crippen molar-refractivity contribution in [2.24, 2.45) is 5.92 Å². The Balaban J connectivity index is 1.66. The molecule has 1 fully saturated rings. The first-order valence-electron chi connectivity index (χ1n) is 8.18. The molecule has 132 valence electrons. The maximum atomic E-state index is 12.5. The fraction of sp³-hybridized carbons (Fsp3) is 0.562. The molecule has 1 atom stereocenters. The monoisotopic (exact) mass is 354 g/mol.